The minimum atomic E-state index is -0.391. The first kappa shape index (κ1) is 14.6. The molecule has 0 spiro atoms. The van der Waals surface area contributed by atoms with Crippen LogP contribution in [0.2, 0.25) is 0 Å². The standard InChI is InChI=1S/C13H21N3O2/c1-3-13(2,5-7-17)16-12(18)10-4-6-15-11(8-10)9-14/h4,6,8,17H,3,5,7,9,14H2,1-2H3,(H,16,18). The summed E-state index contributed by atoms with van der Waals surface area (Å²) in [7, 11) is 0. The second kappa shape index (κ2) is 6.47. The third-order valence-corrected chi connectivity index (χ3v) is 3.15. The van der Waals surface area contributed by atoms with Crippen LogP contribution in [0.3, 0.4) is 0 Å². The highest BCUT2D eigenvalue weighted by Crippen LogP contribution is 2.15. The van der Waals surface area contributed by atoms with Crippen LogP contribution in [0, 0.1) is 0 Å². The molecule has 1 heterocycles. The Labute approximate surface area is 107 Å². The molecule has 0 fully saturated rings. The van der Waals surface area contributed by atoms with Crippen LogP contribution in [0.1, 0.15) is 42.7 Å². The SMILES string of the molecule is CCC(C)(CCO)NC(=O)c1ccnc(CN)c1. The first-order valence-corrected chi connectivity index (χ1v) is 6.13. The second-order valence-electron chi connectivity index (χ2n) is 4.58. The summed E-state index contributed by atoms with van der Waals surface area (Å²) in [6, 6.07) is 3.34. The molecule has 1 aromatic rings. The van der Waals surface area contributed by atoms with Crippen molar-refractivity contribution in [3.63, 3.8) is 0 Å². The first-order chi connectivity index (χ1) is 8.54. The van der Waals surface area contributed by atoms with Crippen LogP contribution in [0.4, 0.5) is 0 Å². The smallest absolute Gasteiger partial charge is 0.251 e. The van der Waals surface area contributed by atoms with Gasteiger partial charge < -0.3 is 16.2 Å². The Morgan fingerprint density at radius 1 is 1.61 bits per heavy atom. The lowest BCUT2D eigenvalue weighted by Gasteiger charge is -2.29. The number of aliphatic hydroxyl groups is 1. The fourth-order valence-electron chi connectivity index (χ4n) is 1.65. The second-order valence-corrected chi connectivity index (χ2v) is 4.58. The van der Waals surface area contributed by atoms with Crippen LogP contribution in [-0.4, -0.2) is 28.1 Å². The molecule has 0 aromatic carbocycles. The van der Waals surface area contributed by atoms with Gasteiger partial charge in [-0.1, -0.05) is 6.92 Å². The largest absolute Gasteiger partial charge is 0.396 e. The number of nitrogens with one attached hydrogen (secondary N) is 1. The molecule has 1 amide bonds. The third kappa shape index (κ3) is 3.78. The van der Waals surface area contributed by atoms with Crippen molar-refractivity contribution in [3.8, 4) is 0 Å². The van der Waals surface area contributed by atoms with E-state index in [4.69, 9.17) is 10.8 Å². The Kier molecular flexibility index (Phi) is 5.25. The minimum Gasteiger partial charge on any atom is -0.396 e. The van der Waals surface area contributed by atoms with Crippen molar-refractivity contribution in [1.82, 2.24) is 10.3 Å². The van der Waals surface area contributed by atoms with Crippen LogP contribution < -0.4 is 11.1 Å². The van der Waals surface area contributed by atoms with Crippen molar-refractivity contribution in [2.75, 3.05) is 6.61 Å². The number of aliphatic hydroxyl groups excluding tert-OH is 1. The monoisotopic (exact) mass is 251 g/mol. The van der Waals surface area contributed by atoms with E-state index in [1.165, 1.54) is 0 Å². The molecule has 0 saturated heterocycles. The van der Waals surface area contributed by atoms with Gasteiger partial charge in [0.1, 0.15) is 0 Å². The molecular formula is C13H21N3O2. The van der Waals surface area contributed by atoms with Crippen LogP contribution >= 0.6 is 0 Å². The zero-order valence-electron chi connectivity index (χ0n) is 10.9. The van der Waals surface area contributed by atoms with Gasteiger partial charge in [0, 0.05) is 30.5 Å². The summed E-state index contributed by atoms with van der Waals surface area (Å²) in [6.07, 6.45) is 2.87. The number of nitrogens with zero attached hydrogens (tertiary/aromatic N) is 1. The Bertz CT molecular complexity index is 409. The van der Waals surface area contributed by atoms with Gasteiger partial charge in [0.25, 0.3) is 5.91 Å². The molecule has 5 heteroatoms. The summed E-state index contributed by atoms with van der Waals surface area (Å²) in [4.78, 5) is 16.1. The molecule has 4 N–H and O–H groups in total. The van der Waals surface area contributed by atoms with Crippen molar-refractivity contribution in [2.45, 2.75) is 38.8 Å². The number of nitrogens with two attached hydrogens (primary N) is 1. The van der Waals surface area contributed by atoms with E-state index in [1.54, 1.807) is 18.3 Å². The van der Waals surface area contributed by atoms with Gasteiger partial charge in [-0.05, 0) is 31.9 Å². The van der Waals surface area contributed by atoms with E-state index in [9.17, 15) is 4.79 Å². The summed E-state index contributed by atoms with van der Waals surface area (Å²) in [6.45, 7) is 4.26. The number of rotatable bonds is 6. The fraction of sp³-hybridized carbons (Fsp3) is 0.538. The number of carbonyl (C=O) groups is 1. The zero-order chi connectivity index (χ0) is 13.6. The van der Waals surface area contributed by atoms with E-state index in [-0.39, 0.29) is 12.5 Å². The highest BCUT2D eigenvalue weighted by molar-refractivity contribution is 5.94. The molecule has 18 heavy (non-hydrogen) atoms. The molecule has 0 saturated carbocycles. The number of aromatic nitrogens is 1. The lowest BCUT2D eigenvalue weighted by Crippen LogP contribution is -2.46. The summed E-state index contributed by atoms with van der Waals surface area (Å²) in [5, 5.41) is 12.0. The molecule has 0 aliphatic rings. The summed E-state index contributed by atoms with van der Waals surface area (Å²) >= 11 is 0. The lowest BCUT2D eigenvalue weighted by molar-refractivity contribution is 0.0886. The van der Waals surface area contributed by atoms with Crippen LogP contribution in [0.25, 0.3) is 0 Å². The van der Waals surface area contributed by atoms with Gasteiger partial charge in [-0.25, -0.2) is 0 Å². The number of hydrogen-bond donors (Lipinski definition) is 3. The van der Waals surface area contributed by atoms with E-state index in [0.29, 0.717) is 24.2 Å². The van der Waals surface area contributed by atoms with Gasteiger partial charge in [0.05, 0.1) is 5.69 Å². The minimum absolute atomic E-state index is 0.0506. The quantitative estimate of drug-likeness (QED) is 0.698. The number of pyridine rings is 1. The highest BCUT2D eigenvalue weighted by atomic mass is 16.3. The summed E-state index contributed by atoms with van der Waals surface area (Å²) < 4.78 is 0. The van der Waals surface area contributed by atoms with E-state index < -0.39 is 5.54 Å². The van der Waals surface area contributed by atoms with E-state index in [0.717, 1.165) is 6.42 Å². The Morgan fingerprint density at radius 3 is 2.89 bits per heavy atom. The number of hydrogen-bond acceptors (Lipinski definition) is 4. The third-order valence-electron chi connectivity index (χ3n) is 3.15. The lowest BCUT2D eigenvalue weighted by atomic mass is 9.94. The predicted molar refractivity (Wildman–Crippen MR) is 70.0 cm³/mol. The molecule has 1 atom stereocenters. The van der Waals surface area contributed by atoms with Crippen molar-refractivity contribution >= 4 is 5.91 Å². The maximum Gasteiger partial charge on any atom is 0.251 e. The van der Waals surface area contributed by atoms with Gasteiger partial charge in [0.15, 0.2) is 0 Å². The Hall–Kier alpha value is -1.46. The van der Waals surface area contributed by atoms with Crippen LogP contribution in [0.5, 0.6) is 0 Å². The Balaban J connectivity index is 2.80. The van der Waals surface area contributed by atoms with Gasteiger partial charge in [-0.3, -0.25) is 9.78 Å². The number of carbonyl (C=O) groups excluding carboxylic acids is 1. The van der Waals surface area contributed by atoms with E-state index in [2.05, 4.69) is 10.3 Å². The normalized spacial score (nSPS) is 14.0. The van der Waals surface area contributed by atoms with Crippen molar-refractivity contribution < 1.29 is 9.90 Å². The molecule has 1 aromatic heterocycles. The van der Waals surface area contributed by atoms with Gasteiger partial charge >= 0.3 is 0 Å². The maximum atomic E-state index is 12.1. The van der Waals surface area contributed by atoms with E-state index in [1.807, 2.05) is 13.8 Å². The number of amides is 1. The van der Waals surface area contributed by atoms with Crippen LogP contribution in [-0.2, 0) is 6.54 Å². The van der Waals surface area contributed by atoms with Crippen LogP contribution in [0.15, 0.2) is 18.3 Å². The highest BCUT2D eigenvalue weighted by Gasteiger charge is 2.24. The molecule has 0 aliphatic heterocycles. The molecule has 5 nitrogen and oxygen atoms in total. The van der Waals surface area contributed by atoms with Gasteiger partial charge in [-0.2, -0.15) is 0 Å². The molecule has 0 bridgehead atoms. The predicted octanol–water partition coefficient (Wildman–Crippen LogP) is 0.821. The van der Waals surface area contributed by atoms with Gasteiger partial charge in [-0.15, -0.1) is 0 Å². The van der Waals surface area contributed by atoms with Crippen molar-refractivity contribution in [1.29, 1.82) is 0 Å². The molecule has 1 unspecified atom stereocenters. The van der Waals surface area contributed by atoms with Crippen molar-refractivity contribution in [3.05, 3.63) is 29.6 Å². The molecule has 0 aliphatic carbocycles. The van der Waals surface area contributed by atoms with Crippen molar-refractivity contribution in [2.24, 2.45) is 5.73 Å². The molecule has 0 radical (unpaired) electrons. The van der Waals surface area contributed by atoms with E-state index >= 15 is 0 Å². The molecule has 1 rings (SSSR count). The zero-order valence-corrected chi connectivity index (χ0v) is 10.9. The molecule has 100 valence electrons. The molecular weight excluding hydrogens is 230 g/mol. The average molecular weight is 251 g/mol. The topological polar surface area (TPSA) is 88.2 Å². The van der Waals surface area contributed by atoms with Gasteiger partial charge in [0.2, 0.25) is 0 Å². The average Bonchev–Trinajstić information content (AvgIpc) is 2.39. The summed E-state index contributed by atoms with van der Waals surface area (Å²) in [5.41, 5.74) is 6.33. The summed E-state index contributed by atoms with van der Waals surface area (Å²) in [5.74, 6) is -0.162. The Morgan fingerprint density at radius 2 is 2.33 bits per heavy atom. The fourth-order valence-corrected chi connectivity index (χ4v) is 1.65. The maximum absolute atomic E-state index is 12.1. The first-order valence-electron chi connectivity index (χ1n) is 6.13.